The Morgan fingerprint density at radius 2 is 1.63 bits per heavy atom. The predicted molar refractivity (Wildman–Crippen MR) is 129 cm³/mol. The fourth-order valence-corrected chi connectivity index (χ4v) is 4.27. The summed E-state index contributed by atoms with van der Waals surface area (Å²) < 4.78 is 20.7. The molecule has 0 fully saturated rings. The van der Waals surface area contributed by atoms with Crippen molar-refractivity contribution in [2.75, 3.05) is 6.54 Å². The van der Waals surface area contributed by atoms with Gasteiger partial charge in [0.15, 0.2) is 6.10 Å². The van der Waals surface area contributed by atoms with Crippen LogP contribution in [-0.2, 0) is 22.5 Å². The van der Waals surface area contributed by atoms with Crippen molar-refractivity contribution in [3.8, 4) is 16.9 Å². The molecule has 1 aliphatic rings. The summed E-state index contributed by atoms with van der Waals surface area (Å²) in [6.07, 6.45) is 1.38. The number of ether oxygens (including phenoxy) is 1. The molecular formula is C28H24FN3O3. The molecule has 176 valence electrons. The van der Waals surface area contributed by atoms with Gasteiger partial charge in [-0.05, 0) is 60.9 Å². The maximum atomic E-state index is 13.5. The van der Waals surface area contributed by atoms with Gasteiger partial charge in [0.2, 0.25) is 0 Å². The minimum absolute atomic E-state index is 0.198. The number of para-hydroxylation sites is 1. The van der Waals surface area contributed by atoms with Crippen LogP contribution >= 0.6 is 0 Å². The minimum atomic E-state index is -0.964. The fourth-order valence-electron chi connectivity index (χ4n) is 4.27. The summed E-state index contributed by atoms with van der Waals surface area (Å²) >= 11 is 0. The molecule has 1 aromatic heterocycles. The van der Waals surface area contributed by atoms with E-state index in [-0.39, 0.29) is 17.3 Å². The van der Waals surface area contributed by atoms with Crippen LogP contribution in [0.2, 0.25) is 0 Å². The van der Waals surface area contributed by atoms with Gasteiger partial charge in [0, 0.05) is 24.8 Å². The third kappa shape index (κ3) is 4.71. The molecule has 0 radical (unpaired) electrons. The van der Waals surface area contributed by atoms with E-state index in [2.05, 4.69) is 11.2 Å². The summed E-state index contributed by atoms with van der Waals surface area (Å²) in [4.78, 5) is 28.0. The van der Waals surface area contributed by atoms with Crippen molar-refractivity contribution in [2.45, 2.75) is 26.0 Å². The molecule has 0 N–H and O–H groups in total. The highest BCUT2D eigenvalue weighted by Gasteiger charge is 2.29. The molecule has 0 saturated heterocycles. The van der Waals surface area contributed by atoms with Gasteiger partial charge in [-0.15, -0.1) is 0 Å². The van der Waals surface area contributed by atoms with E-state index in [9.17, 15) is 14.0 Å². The normalized spacial score (nSPS) is 13.7. The third-order valence-corrected chi connectivity index (χ3v) is 6.15. The third-order valence-electron chi connectivity index (χ3n) is 6.15. The Kier molecular flexibility index (Phi) is 6.14. The van der Waals surface area contributed by atoms with Gasteiger partial charge in [-0.3, -0.25) is 4.79 Å². The SMILES string of the molecule is C[C@@H](OC(=O)c1cn(-c2ccccc2)nc1-c1ccc(F)cc1)C(=O)N1CCc2ccccc2C1. The highest BCUT2D eigenvalue weighted by molar-refractivity contribution is 5.97. The Hall–Kier alpha value is -4.26. The summed E-state index contributed by atoms with van der Waals surface area (Å²) in [6.45, 7) is 2.65. The number of nitrogens with zero attached hydrogens (tertiary/aromatic N) is 3. The van der Waals surface area contributed by atoms with Crippen LogP contribution < -0.4 is 0 Å². The monoisotopic (exact) mass is 469 g/mol. The van der Waals surface area contributed by atoms with E-state index in [1.807, 2.05) is 48.5 Å². The molecule has 35 heavy (non-hydrogen) atoms. The van der Waals surface area contributed by atoms with E-state index >= 15 is 0 Å². The number of halogens is 1. The number of carbonyl (C=O) groups excluding carboxylic acids is 2. The average molecular weight is 470 g/mol. The van der Waals surface area contributed by atoms with Crippen molar-refractivity contribution in [1.29, 1.82) is 0 Å². The van der Waals surface area contributed by atoms with Crippen molar-refractivity contribution >= 4 is 11.9 Å². The summed E-state index contributed by atoms with van der Waals surface area (Å²) in [5.74, 6) is -1.29. The summed E-state index contributed by atoms with van der Waals surface area (Å²) in [7, 11) is 0. The maximum absolute atomic E-state index is 13.5. The molecule has 0 unspecified atom stereocenters. The van der Waals surface area contributed by atoms with Gasteiger partial charge in [0.05, 0.1) is 5.69 Å². The molecule has 7 heteroatoms. The number of benzene rings is 3. The standard InChI is InChI=1S/C28H24FN3O3/c1-19(27(33)31-16-15-20-7-5-6-8-22(20)17-31)35-28(34)25-18-32(24-9-3-2-4-10-24)30-26(25)21-11-13-23(29)14-12-21/h2-14,18-19H,15-17H2,1H3/t19-/m1/s1. The van der Waals surface area contributed by atoms with Crippen molar-refractivity contribution in [3.05, 3.63) is 108 Å². The maximum Gasteiger partial charge on any atom is 0.342 e. The quantitative estimate of drug-likeness (QED) is 0.394. The Morgan fingerprint density at radius 1 is 0.943 bits per heavy atom. The lowest BCUT2D eigenvalue weighted by Gasteiger charge is -2.30. The molecule has 0 aliphatic carbocycles. The number of hydrogen-bond acceptors (Lipinski definition) is 4. The van der Waals surface area contributed by atoms with Gasteiger partial charge in [-0.1, -0.05) is 42.5 Å². The van der Waals surface area contributed by atoms with Crippen LogP contribution in [0.5, 0.6) is 0 Å². The van der Waals surface area contributed by atoms with E-state index in [4.69, 9.17) is 4.74 Å². The van der Waals surface area contributed by atoms with E-state index in [0.29, 0.717) is 24.3 Å². The first-order valence-electron chi connectivity index (χ1n) is 11.5. The molecule has 0 bridgehead atoms. The van der Waals surface area contributed by atoms with Crippen LogP contribution in [0.3, 0.4) is 0 Å². The molecule has 1 aliphatic heterocycles. The highest BCUT2D eigenvalue weighted by Crippen LogP contribution is 2.26. The number of hydrogen-bond donors (Lipinski definition) is 0. The topological polar surface area (TPSA) is 64.4 Å². The zero-order valence-electron chi connectivity index (χ0n) is 19.2. The molecule has 0 saturated carbocycles. The van der Waals surface area contributed by atoms with Crippen LogP contribution in [-0.4, -0.2) is 39.2 Å². The Bertz CT molecular complexity index is 1370. The average Bonchev–Trinajstić information content (AvgIpc) is 3.34. The molecule has 6 nitrogen and oxygen atoms in total. The van der Waals surface area contributed by atoms with Crippen molar-refractivity contribution in [1.82, 2.24) is 14.7 Å². The summed E-state index contributed by atoms with van der Waals surface area (Å²) in [6, 6.07) is 23.1. The van der Waals surface area contributed by atoms with Crippen LogP contribution in [0.25, 0.3) is 16.9 Å². The lowest BCUT2D eigenvalue weighted by molar-refractivity contribution is -0.140. The first-order valence-corrected chi connectivity index (χ1v) is 11.5. The smallest absolute Gasteiger partial charge is 0.342 e. The largest absolute Gasteiger partial charge is 0.449 e. The van der Waals surface area contributed by atoms with Gasteiger partial charge in [-0.25, -0.2) is 13.9 Å². The summed E-state index contributed by atoms with van der Waals surface area (Å²) in [5, 5.41) is 4.57. The zero-order chi connectivity index (χ0) is 24.4. The molecule has 0 spiro atoms. The second-order valence-electron chi connectivity index (χ2n) is 8.50. The van der Waals surface area contributed by atoms with Gasteiger partial charge < -0.3 is 9.64 Å². The number of fused-ring (bicyclic) bond motifs is 1. The zero-order valence-corrected chi connectivity index (χ0v) is 19.2. The fraction of sp³-hybridized carbons (Fsp3) is 0.179. The predicted octanol–water partition coefficient (Wildman–Crippen LogP) is 4.81. The van der Waals surface area contributed by atoms with Gasteiger partial charge in [0.1, 0.15) is 17.1 Å². The molecule has 5 rings (SSSR count). The molecular weight excluding hydrogens is 445 g/mol. The summed E-state index contributed by atoms with van der Waals surface area (Å²) in [5.41, 5.74) is 4.21. The number of esters is 1. The van der Waals surface area contributed by atoms with Crippen molar-refractivity contribution in [3.63, 3.8) is 0 Å². The van der Waals surface area contributed by atoms with Gasteiger partial charge in [-0.2, -0.15) is 5.10 Å². The molecule has 4 aromatic rings. The highest BCUT2D eigenvalue weighted by atomic mass is 19.1. The van der Waals surface area contributed by atoms with Crippen LogP contribution in [0.15, 0.2) is 85.1 Å². The number of aromatic nitrogens is 2. The Labute approximate surface area is 202 Å². The second-order valence-corrected chi connectivity index (χ2v) is 8.50. The first-order chi connectivity index (χ1) is 17.0. The minimum Gasteiger partial charge on any atom is -0.449 e. The van der Waals surface area contributed by atoms with Crippen LogP contribution in [0.1, 0.15) is 28.4 Å². The molecule has 3 aromatic carbocycles. The van der Waals surface area contributed by atoms with E-state index < -0.39 is 12.1 Å². The molecule has 2 heterocycles. The first kappa shape index (κ1) is 22.5. The van der Waals surface area contributed by atoms with E-state index in [1.54, 1.807) is 34.8 Å². The molecule has 1 atom stereocenters. The number of carbonyl (C=O) groups is 2. The number of amides is 1. The van der Waals surface area contributed by atoms with E-state index in [1.165, 1.54) is 17.7 Å². The Morgan fingerprint density at radius 3 is 2.37 bits per heavy atom. The lowest BCUT2D eigenvalue weighted by Crippen LogP contribution is -2.42. The Balaban J connectivity index is 1.39. The van der Waals surface area contributed by atoms with Crippen LogP contribution in [0, 0.1) is 5.82 Å². The second kappa shape index (κ2) is 9.54. The molecule has 1 amide bonds. The van der Waals surface area contributed by atoms with Crippen LogP contribution in [0.4, 0.5) is 4.39 Å². The lowest BCUT2D eigenvalue weighted by atomic mass is 9.99. The van der Waals surface area contributed by atoms with Crippen molar-refractivity contribution < 1.29 is 18.7 Å². The number of rotatable bonds is 5. The van der Waals surface area contributed by atoms with Gasteiger partial charge in [0.25, 0.3) is 5.91 Å². The van der Waals surface area contributed by atoms with Gasteiger partial charge >= 0.3 is 5.97 Å². The van der Waals surface area contributed by atoms with E-state index in [0.717, 1.165) is 17.7 Å². The van der Waals surface area contributed by atoms with Crippen molar-refractivity contribution in [2.24, 2.45) is 0 Å².